The van der Waals surface area contributed by atoms with E-state index in [1.54, 1.807) is 0 Å². The van der Waals surface area contributed by atoms with Crippen LogP contribution < -0.4 is 0 Å². The highest BCUT2D eigenvalue weighted by Gasteiger charge is 2.34. The van der Waals surface area contributed by atoms with Crippen LogP contribution in [0.1, 0.15) is 46.5 Å². The Labute approximate surface area is 98.4 Å². The molecule has 0 nitrogen and oxygen atoms in total. The van der Waals surface area contributed by atoms with E-state index in [4.69, 9.17) is 23.2 Å². The molecule has 0 aromatic heterocycles. The summed E-state index contributed by atoms with van der Waals surface area (Å²) in [5, 5.41) is 0.572. The zero-order valence-electron chi connectivity index (χ0n) is 9.47. The molecule has 1 aliphatic carbocycles. The van der Waals surface area contributed by atoms with Crippen molar-refractivity contribution in [2.45, 2.75) is 57.2 Å². The van der Waals surface area contributed by atoms with E-state index in [-0.39, 0.29) is 10.8 Å². The topological polar surface area (TPSA) is 0 Å². The number of rotatable bonds is 2. The third kappa shape index (κ3) is 3.03. The lowest BCUT2D eigenvalue weighted by molar-refractivity contribution is 0.319. The first-order valence-electron chi connectivity index (χ1n) is 5.84. The van der Waals surface area contributed by atoms with Crippen molar-refractivity contribution in [1.29, 1.82) is 0 Å². The maximum Gasteiger partial charge on any atom is 0.0383 e. The van der Waals surface area contributed by atoms with Crippen LogP contribution in [0.25, 0.3) is 0 Å². The normalized spacial score (nSPS) is 41.8. The first-order valence-corrected chi connectivity index (χ1v) is 6.71. The Morgan fingerprint density at radius 3 is 2.43 bits per heavy atom. The van der Waals surface area contributed by atoms with Crippen molar-refractivity contribution in [2.24, 2.45) is 17.8 Å². The van der Waals surface area contributed by atoms with Gasteiger partial charge >= 0.3 is 0 Å². The van der Waals surface area contributed by atoms with Gasteiger partial charge in [-0.3, -0.25) is 0 Å². The standard InChI is InChI=1S/C12H22Cl2/c1-4-9(3)12-10(13)6-5-8(2)7-11(12)14/h8-12H,4-7H2,1-3H3. The minimum absolute atomic E-state index is 0.282. The van der Waals surface area contributed by atoms with Crippen LogP contribution in [-0.4, -0.2) is 10.8 Å². The summed E-state index contributed by atoms with van der Waals surface area (Å²) in [5.41, 5.74) is 0. The minimum atomic E-state index is 0.282. The molecule has 1 fully saturated rings. The molecule has 2 heteroatoms. The average molecular weight is 237 g/mol. The summed E-state index contributed by atoms with van der Waals surface area (Å²) in [6.07, 6.45) is 4.70. The molecular formula is C12H22Cl2. The van der Waals surface area contributed by atoms with E-state index in [0.717, 1.165) is 18.8 Å². The third-order valence-corrected chi connectivity index (χ3v) is 4.68. The van der Waals surface area contributed by atoms with Crippen LogP contribution in [-0.2, 0) is 0 Å². The van der Waals surface area contributed by atoms with Crippen LogP contribution in [0.5, 0.6) is 0 Å². The van der Waals surface area contributed by atoms with E-state index in [2.05, 4.69) is 20.8 Å². The summed E-state index contributed by atoms with van der Waals surface area (Å²) >= 11 is 12.9. The van der Waals surface area contributed by atoms with Gasteiger partial charge in [0.1, 0.15) is 0 Å². The molecule has 1 aliphatic rings. The maximum atomic E-state index is 6.47. The molecule has 0 aliphatic heterocycles. The summed E-state index contributed by atoms with van der Waals surface area (Å²) < 4.78 is 0. The molecule has 0 amide bonds. The Morgan fingerprint density at radius 1 is 1.21 bits per heavy atom. The molecule has 14 heavy (non-hydrogen) atoms. The second-order valence-electron chi connectivity index (χ2n) is 4.91. The highest BCUT2D eigenvalue weighted by atomic mass is 35.5. The predicted molar refractivity (Wildman–Crippen MR) is 65.2 cm³/mol. The van der Waals surface area contributed by atoms with Crippen LogP contribution in [0.2, 0.25) is 0 Å². The summed E-state index contributed by atoms with van der Waals surface area (Å²) in [6.45, 7) is 6.80. The molecular weight excluding hydrogens is 215 g/mol. The Hall–Kier alpha value is 0.580. The summed E-state index contributed by atoms with van der Waals surface area (Å²) in [4.78, 5) is 0. The summed E-state index contributed by atoms with van der Waals surface area (Å²) in [6, 6.07) is 0. The molecule has 0 spiro atoms. The van der Waals surface area contributed by atoms with E-state index in [1.165, 1.54) is 12.8 Å². The maximum absolute atomic E-state index is 6.47. The summed E-state index contributed by atoms with van der Waals surface area (Å²) in [5.74, 6) is 1.91. The number of hydrogen-bond donors (Lipinski definition) is 0. The lowest BCUT2D eigenvalue weighted by Gasteiger charge is -2.29. The smallest absolute Gasteiger partial charge is 0.0383 e. The van der Waals surface area contributed by atoms with Gasteiger partial charge in [0.2, 0.25) is 0 Å². The van der Waals surface area contributed by atoms with Gasteiger partial charge in [-0.1, -0.05) is 27.2 Å². The molecule has 5 atom stereocenters. The van der Waals surface area contributed by atoms with Gasteiger partial charge in [0.15, 0.2) is 0 Å². The quantitative estimate of drug-likeness (QED) is 0.483. The Bertz CT molecular complexity index is 170. The largest absolute Gasteiger partial charge is 0.123 e. The first-order chi connectivity index (χ1) is 6.56. The van der Waals surface area contributed by atoms with Crippen molar-refractivity contribution in [3.05, 3.63) is 0 Å². The molecule has 0 heterocycles. The molecule has 84 valence electrons. The monoisotopic (exact) mass is 236 g/mol. The van der Waals surface area contributed by atoms with E-state index < -0.39 is 0 Å². The number of halogens is 2. The lowest BCUT2D eigenvalue weighted by Crippen LogP contribution is -2.29. The minimum Gasteiger partial charge on any atom is -0.123 e. The summed E-state index contributed by atoms with van der Waals surface area (Å²) in [7, 11) is 0. The van der Waals surface area contributed by atoms with Crippen molar-refractivity contribution >= 4 is 23.2 Å². The van der Waals surface area contributed by atoms with Gasteiger partial charge in [-0.05, 0) is 37.0 Å². The second kappa shape index (κ2) is 5.61. The highest BCUT2D eigenvalue weighted by Crippen LogP contribution is 2.38. The van der Waals surface area contributed by atoms with Crippen molar-refractivity contribution in [3.8, 4) is 0 Å². The van der Waals surface area contributed by atoms with E-state index in [9.17, 15) is 0 Å². The fourth-order valence-corrected chi connectivity index (χ4v) is 3.86. The Morgan fingerprint density at radius 2 is 1.86 bits per heavy atom. The molecule has 1 rings (SSSR count). The molecule has 0 saturated heterocycles. The average Bonchev–Trinajstić information content (AvgIpc) is 2.25. The van der Waals surface area contributed by atoms with Crippen LogP contribution in [0.3, 0.4) is 0 Å². The Balaban J connectivity index is 2.68. The predicted octanol–water partition coefficient (Wildman–Crippen LogP) is 4.68. The fraction of sp³-hybridized carbons (Fsp3) is 1.00. The van der Waals surface area contributed by atoms with Gasteiger partial charge in [0.05, 0.1) is 0 Å². The van der Waals surface area contributed by atoms with Gasteiger partial charge in [-0.25, -0.2) is 0 Å². The SMILES string of the molecule is CCC(C)C1C(Cl)CCC(C)CC1Cl. The van der Waals surface area contributed by atoms with Gasteiger partial charge in [0.25, 0.3) is 0 Å². The lowest BCUT2D eigenvalue weighted by atomic mass is 9.85. The number of alkyl halides is 2. The van der Waals surface area contributed by atoms with Crippen molar-refractivity contribution in [3.63, 3.8) is 0 Å². The fourth-order valence-electron chi connectivity index (χ4n) is 2.51. The molecule has 0 radical (unpaired) electrons. The van der Waals surface area contributed by atoms with Crippen molar-refractivity contribution < 1.29 is 0 Å². The van der Waals surface area contributed by atoms with Crippen molar-refractivity contribution in [1.82, 2.24) is 0 Å². The zero-order chi connectivity index (χ0) is 10.7. The van der Waals surface area contributed by atoms with Crippen LogP contribution in [0.4, 0.5) is 0 Å². The van der Waals surface area contributed by atoms with Crippen LogP contribution in [0.15, 0.2) is 0 Å². The van der Waals surface area contributed by atoms with E-state index in [0.29, 0.717) is 11.8 Å². The first kappa shape index (κ1) is 12.6. The van der Waals surface area contributed by atoms with Crippen molar-refractivity contribution in [2.75, 3.05) is 0 Å². The van der Waals surface area contributed by atoms with Crippen LogP contribution >= 0.6 is 23.2 Å². The Kier molecular flexibility index (Phi) is 5.06. The third-order valence-electron chi connectivity index (χ3n) is 3.70. The van der Waals surface area contributed by atoms with Gasteiger partial charge in [-0.2, -0.15) is 0 Å². The van der Waals surface area contributed by atoms with Gasteiger partial charge in [-0.15, -0.1) is 23.2 Å². The second-order valence-corrected chi connectivity index (χ2v) is 6.03. The zero-order valence-corrected chi connectivity index (χ0v) is 11.0. The molecule has 1 saturated carbocycles. The molecule has 0 N–H and O–H groups in total. The highest BCUT2D eigenvalue weighted by molar-refractivity contribution is 6.24. The van der Waals surface area contributed by atoms with Crippen LogP contribution in [0, 0.1) is 17.8 Å². The van der Waals surface area contributed by atoms with E-state index in [1.807, 2.05) is 0 Å². The number of hydrogen-bond acceptors (Lipinski definition) is 0. The van der Waals surface area contributed by atoms with E-state index >= 15 is 0 Å². The van der Waals surface area contributed by atoms with Gasteiger partial charge < -0.3 is 0 Å². The van der Waals surface area contributed by atoms with Gasteiger partial charge in [0, 0.05) is 10.8 Å². The molecule has 0 aromatic rings. The molecule has 0 aromatic carbocycles. The molecule has 0 bridgehead atoms. The molecule has 5 unspecified atom stereocenters.